The monoisotopic (exact) mass is 278 g/mol. The summed E-state index contributed by atoms with van der Waals surface area (Å²) in [6.45, 7) is 2.12. The van der Waals surface area contributed by atoms with E-state index in [0.29, 0.717) is 0 Å². The summed E-state index contributed by atoms with van der Waals surface area (Å²) in [7, 11) is 1.95. The molecule has 2 heterocycles. The van der Waals surface area contributed by atoms with Crippen molar-refractivity contribution in [3.63, 3.8) is 0 Å². The summed E-state index contributed by atoms with van der Waals surface area (Å²) in [5.41, 5.74) is 4.37. The van der Waals surface area contributed by atoms with Crippen molar-refractivity contribution >= 4 is 0 Å². The number of benzene rings is 1. The van der Waals surface area contributed by atoms with Gasteiger partial charge in [0.2, 0.25) is 0 Å². The largest absolute Gasteiger partial charge is 0.313 e. The molecule has 1 N–H and O–H groups in total. The Kier molecular flexibility index (Phi) is 3.79. The van der Waals surface area contributed by atoms with Crippen LogP contribution in [-0.4, -0.2) is 21.8 Å². The number of pyridine rings is 1. The van der Waals surface area contributed by atoms with Crippen LogP contribution in [0.25, 0.3) is 16.8 Å². The minimum Gasteiger partial charge on any atom is -0.313 e. The lowest BCUT2D eigenvalue weighted by atomic mass is 10.1. The maximum Gasteiger partial charge on any atom is 0.0645 e. The molecule has 1 unspecified atom stereocenters. The summed E-state index contributed by atoms with van der Waals surface area (Å²) in [6.07, 6.45) is 7.67. The second-order valence-electron chi connectivity index (χ2n) is 5.03. The molecule has 3 rings (SSSR count). The van der Waals surface area contributed by atoms with E-state index in [1.54, 1.807) is 0 Å². The second-order valence-corrected chi connectivity index (χ2v) is 5.03. The molecule has 1 aromatic carbocycles. The lowest BCUT2D eigenvalue weighted by molar-refractivity contribution is 0.650. The van der Waals surface area contributed by atoms with Crippen LogP contribution in [0.2, 0.25) is 0 Å². The highest BCUT2D eigenvalue weighted by molar-refractivity contribution is 5.62. The van der Waals surface area contributed by atoms with Gasteiger partial charge in [0.1, 0.15) is 0 Å². The molecule has 0 aliphatic rings. The fourth-order valence-electron chi connectivity index (χ4n) is 2.21. The Labute approximate surface area is 124 Å². The highest BCUT2D eigenvalue weighted by Crippen LogP contribution is 2.22. The Morgan fingerprint density at radius 3 is 2.62 bits per heavy atom. The lowest BCUT2D eigenvalue weighted by Gasteiger charge is -2.10. The number of para-hydroxylation sites is 1. The second kappa shape index (κ2) is 5.89. The van der Waals surface area contributed by atoms with E-state index in [2.05, 4.69) is 28.4 Å². The Hall–Kier alpha value is -2.46. The molecule has 106 valence electrons. The summed E-state index contributed by atoms with van der Waals surface area (Å²) in [4.78, 5) is 4.34. The summed E-state index contributed by atoms with van der Waals surface area (Å²) >= 11 is 0. The molecule has 21 heavy (non-hydrogen) atoms. The van der Waals surface area contributed by atoms with Gasteiger partial charge in [-0.1, -0.05) is 18.2 Å². The van der Waals surface area contributed by atoms with Gasteiger partial charge in [-0.3, -0.25) is 4.98 Å². The fraction of sp³-hybridized carbons (Fsp3) is 0.176. The first-order chi connectivity index (χ1) is 10.3. The van der Waals surface area contributed by atoms with Crippen molar-refractivity contribution in [3.05, 3.63) is 66.7 Å². The molecule has 2 aromatic heterocycles. The summed E-state index contributed by atoms with van der Waals surface area (Å²) in [5, 5.41) is 7.66. The van der Waals surface area contributed by atoms with Gasteiger partial charge in [-0.25, -0.2) is 4.68 Å². The van der Waals surface area contributed by atoms with Gasteiger partial charge in [-0.2, -0.15) is 5.10 Å². The quantitative estimate of drug-likeness (QED) is 0.797. The number of hydrogen-bond donors (Lipinski definition) is 1. The van der Waals surface area contributed by atoms with Crippen LogP contribution in [0.1, 0.15) is 18.5 Å². The molecular weight excluding hydrogens is 260 g/mol. The van der Waals surface area contributed by atoms with Gasteiger partial charge in [0, 0.05) is 35.8 Å². The molecule has 0 bridgehead atoms. The molecular formula is C17H18N4. The summed E-state index contributed by atoms with van der Waals surface area (Å²) in [5.74, 6) is 0. The average Bonchev–Trinajstić information content (AvgIpc) is 3.05. The van der Waals surface area contributed by atoms with Gasteiger partial charge in [0.15, 0.2) is 0 Å². The molecule has 1 atom stereocenters. The van der Waals surface area contributed by atoms with E-state index >= 15 is 0 Å². The summed E-state index contributed by atoms with van der Waals surface area (Å²) < 4.78 is 1.88. The lowest BCUT2D eigenvalue weighted by Crippen LogP contribution is -2.12. The van der Waals surface area contributed by atoms with Gasteiger partial charge in [0.05, 0.1) is 11.9 Å². The van der Waals surface area contributed by atoms with Crippen LogP contribution in [0.3, 0.4) is 0 Å². The van der Waals surface area contributed by atoms with Crippen molar-refractivity contribution in [1.29, 1.82) is 0 Å². The molecule has 0 radical (unpaired) electrons. The molecule has 4 heteroatoms. The van der Waals surface area contributed by atoms with Gasteiger partial charge >= 0.3 is 0 Å². The van der Waals surface area contributed by atoms with Crippen molar-refractivity contribution in [2.45, 2.75) is 13.0 Å². The van der Waals surface area contributed by atoms with Gasteiger partial charge in [-0.15, -0.1) is 0 Å². The van der Waals surface area contributed by atoms with Crippen LogP contribution >= 0.6 is 0 Å². The maximum atomic E-state index is 4.43. The minimum atomic E-state index is 0.279. The molecule has 0 saturated carbocycles. The van der Waals surface area contributed by atoms with Crippen LogP contribution in [-0.2, 0) is 0 Å². The van der Waals surface area contributed by atoms with Gasteiger partial charge < -0.3 is 5.32 Å². The van der Waals surface area contributed by atoms with Crippen molar-refractivity contribution in [3.8, 4) is 16.8 Å². The Balaban J connectivity index is 1.93. The highest BCUT2D eigenvalue weighted by Gasteiger charge is 2.07. The van der Waals surface area contributed by atoms with Crippen molar-refractivity contribution in [2.24, 2.45) is 0 Å². The van der Waals surface area contributed by atoms with E-state index < -0.39 is 0 Å². The highest BCUT2D eigenvalue weighted by atomic mass is 15.3. The number of nitrogens with zero attached hydrogens (tertiary/aromatic N) is 3. The van der Waals surface area contributed by atoms with E-state index in [1.807, 2.05) is 66.8 Å². The maximum absolute atomic E-state index is 4.43. The predicted octanol–water partition coefficient (Wildman–Crippen LogP) is 3.21. The van der Waals surface area contributed by atoms with E-state index in [0.717, 1.165) is 16.8 Å². The SMILES string of the molecule is CNC(C)c1cncc(-c2cnn(-c3ccccc3)c2)c1. The number of rotatable bonds is 4. The minimum absolute atomic E-state index is 0.279. The van der Waals surface area contributed by atoms with E-state index in [1.165, 1.54) is 5.56 Å². The topological polar surface area (TPSA) is 42.7 Å². The van der Waals surface area contributed by atoms with Gasteiger partial charge in [-0.05, 0) is 37.7 Å². The van der Waals surface area contributed by atoms with Crippen molar-refractivity contribution in [1.82, 2.24) is 20.1 Å². The summed E-state index contributed by atoms with van der Waals surface area (Å²) in [6, 6.07) is 12.5. The number of hydrogen-bond acceptors (Lipinski definition) is 3. The number of aromatic nitrogens is 3. The molecule has 0 saturated heterocycles. The third kappa shape index (κ3) is 2.85. The van der Waals surface area contributed by atoms with Gasteiger partial charge in [0.25, 0.3) is 0 Å². The zero-order valence-corrected chi connectivity index (χ0v) is 12.2. The zero-order chi connectivity index (χ0) is 14.7. The number of nitrogens with one attached hydrogen (secondary N) is 1. The van der Waals surface area contributed by atoms with Crippen LogP contribution in [0, 0.1) is 0 Å². The van der Waals surface area contributed by atoms with Crippen LogP contribution < -0.4 is 5.32 Å². The smallest absolute Gasteiger partial charge is 0.0645 e. The van der Waals surface area contributed by atoms with Crippen LogP contribution in [0.4, 0.5) is 0 Å². The Morgan fingerprint density at radius 2 is 1.86 bits per heavy atom. The molecule has 0 aliphatic heterocycles. The standard InChI is InChI=1S/C17H18N4/c1-13(18-2)14-8-15(10-19-9-14)16-11-20-21(12-16)17-6-4-3-5-7-17/h3-13,18H,1-2H3. The molecule has 0 spiro atoms. The zero-order valence-electron chi connectivity index (χ0n) is 12.2. The van der Waals surface area contributed by atoms with E-state index in [9.17, 15) is 0 Å². The third-order valence-corrected chi connectivity index (χ3v) is 3.63. The van der Waals surface area contributed by atoms with E-state index in [4.69, 9.17) is 0 Å². The van der Waals surface area contributed by atoms with Crippen molar-refractivity contribution in [2.75, 3.05) is 7.05 Å². The Bertz CT molecular complexity index is 718. The molecule has 0 amide bonds. The van der Waals surface area contributed by atoms with Crippen LogP contribution in [0.5, 0.6) is 0 Å². The molecule has 0 fully saturated rings. The first-order valence-electron chi connectivity index (χ1n) is 7.00. The molecule has 0 aliphatic carbocycles. The first-order valence-corrected chi connectivity index (χ1v) is 7.00. The predicted molar refractivity (Wildman–Crippen MR) is 84.3 cm³/mol. The molecule has 3 aromatic rings. The fourth-order valence-corrected chi connectivity index (χ4v) is 2.21. The van der Waals surface area contributed by atoms with Crippen molar-refractivity contribution < 1.29 is 0 Å². The van der Waals surface area contributed by atoms with Crippen LogP contribution in [0.15, 0.2) is 61.2 Å². The normalized spacial score (nSPS) is 12.3. The average molecular weight is 278 g/mol. The van der Waals surface area contributed by atoms with E-state index in [-0.39, 0.29) is 6.04 Å². The first kappa shape index (κ1) is 13.5. The third-order valence-electron chi connectivity index (χ3n) is 3.63. The molecule has 4 nitrogen and oxygen atoms in total. The Morgan fingerprint density at radius 1 is 1.05 bits per heavy atom.